The highest BCUT2D eigenvalue weighted by Gasteiger charge is 2.35. The van der Waals surface area contributed by atoms with Crippen molar-refractivity contribution in [3.05, 3.63) is 12.2 Å². The molecule has 0 spiro atoms. The summed E-state index contributed by atoms with van der Waals surface area (Å²) < 4.78 is -0.436. The molecule has 0 rings (SSSR count). The van der Waals surface area contributed by atoms with Crippen molar-refractivity contribution in [2.45, 2.75) is 122 Å². The predicted octanol–water partition coefficient (Wildman–Crippen LogP) is 6.65. The van der Waals surface area contributed by atoms with Crippen LogP contribution >= 0.6 is 0 Å². The summed E-state index contributed by atoms with van der Waals surface area (Å²) in [4.78, 5) is 33.5. The summed E-state index contributed by atoms with van der Waals surface area (Å²) in [6.07, 6.45) is 26.4. The fourth-order valence-electron chi connectivity index (χ4n) is 4.67. The van der Waals surface area contributed by atoms with Crippen molar-refractivity contribution in [3.8, 4) is 0 Å². The first-order valence-corrected chi connectivity index (χ1v) is 14.0. The van der Waals surface area contributed by atoms with E-state index in [4.69, 9.17) is 15.3 Å². The Bertz CT molecular complexity index is 549. The lowest BCUT2D eigenvalue weighted by Gasteiger charge is -2.34. The van der Waals surface area contributed by atoms with Crippen molar-refractivity contribution in [2.24, 2.45) is 0 Å². The third-order valence-electron chi connectivity index (χ3n) is 6.56. The minimum Gasteiger partial charge on any atom is -0.477 e. The SMILES string of the molecule is CCCCCCC/C=C/CCCCCCCCCCCCC[N+](CC(=O)O)(CC(=O)O)CC(=O)O. The van der Waals surface area contributed by atoms with Gasteiger partial charge < -0.3 is 15.3 Å². The topological polar surface area (TPSA) is 112 Å². The number of unbranched alkanes of at least 4 members (excludes halogenated alkanes) is 16. The summed E-state index contributed by atoms with van der Waals surface area (Å²) in [6.45, 7) is 1.08. The second-order valence-electron chi connectivity index (χ2n) is 10.1. The first-order chi connectivity index (χ1) is 16.8. The van der Waals surface area contributed by atoms with E-state index in [0.29, 0.717) is 6.42 Å². The fraction of sp³-hybridized carbons (Fsp3) is 0.821. The van der Waals surface area contributed by atoms with Crippen LogP contribution in [0.3, 0.4) is 0 Å². The van der Waals surface area contributed by atoms with Crippen LogP contribution in [-0.2, 0) is 14.4 Å². The van der Waals surface area contributed by atoms with Gasteiger partial charge in [0, 0.05) is 0 Å². The molecule has 0 aromatic carbocycles. The Morgan fingerprint density at radius 1 is 0.514 bits per heavy atom. The van der Waals surface area contributed by atoms with E-state index < -0.39 is 42.0 Å². The summed E-state index contributed by atoms with van der Waals surface area (Å²) in [6, 6.07) is 0. The highest BCUT2D eigenvalue weighted by Crippen LogP contribution is 2.15. The van der Waals surface area contributed by atoms with Crippen LogP contribution in [0.1, 0.15) is 122 Å². The van der Waals surface area contributed by atoms with E-state index in [0.717, 1.165) is 19.3 Å². The maximum absolute atomic E-state index is 11.2. The summed E-state index contributed by atoms with van der Waals surface area (Å²) in [5, 5.41) is 27.4. The van der Waals surface area contributed by atoms with E-state index >= 15 is 0 Å². The van der Waals surface area contributed by atoms with E-state index in [1.54, 1.807) is 0 Å². The third-order valence-corrected chi connectivity index (χ3v) is 6.56. The molecule has 0 saturated carbocycles. The number of allylic oxidation sites excluding steroid dienone is 2. The molecule has 0 radical (unpaired) electrons. The van der Waals surface area contributed by atoms with Crippen LogP contribution in [0.4, 0.5) is 0 Å². The molecule has 0 aromatic rings. The van der Waals surface area contributed by atoms with E-state index in [1.807, 2.05) is 0 Å². The molecule has 0 bridgehead atoms. The second kappa shape index (κ2) is 22.6. The number of aliphatic carboxylic acids is 3. The van der Waals surface area contributed by atoms with Gasteiger partial charge >= 0.3 is 17.9 Å². The molecular weight excluding hydrogens is 446 g/mol. The van der Waals surface area contributed by atoms with Gasteiger partial charge in [0.1, 0.15) is 0 Å². The zero-order valence-corrected chi connectivity index (χ0v) is 22.2. The number of rotatable bonds is 26. The number of hydrogen-bond donors (Lipinski definition) is 3. The van der Waals surface area contributed by atoms with Gasteiger partial charge in [0.25, 0.3) is 0 Å². The molecule has 0 aliphatic rings. The number of quaternary nitrogens is 1. The van der Waals surface area contributed by atoms with Gasteiger partial charge in [-0.05, 0) is 38.5 Å². The van der Waals surface area contributed by atoms with E-state index in [-0.39, 0.29) is 6.54 Å². The molecular formula is C28H52NO6+. The van der Waals surface area contributed by atoms with Crippen LogP contribution in [0, 0.1) is 0 Å². The van der Waals surface area contributed by atoms with Gasteiger partial charge in [-0.2, -0.15) is 0 Å². The van der Waals surface area contributed by atoms with Gasteiger partial charge in [-0.25, -0.2) is 14.4 Å². The van der Waals surface area contributed by atoms with E-state index in [1.165, 1.54) is 89.9 Å². The smallest absolute Gasteiger partial charge is 0.359 e. The van der Waals surface area contributed by atoms with Crippen LogP contribution in [0.25, 0.3) is 0 Å². The number of carbonyl (C=O) groups is 3. The molecule has 3 N–H and O–H groups in total. The molecule has 0 aliphatic carbocycles. The average Bonchev–Trinajstić information content (AvgIpc) is 2.76. The van der Waals surface area contributed by atoms with Crippen LogP contribution < -0.4 is 0 Å². The average molecular weight is 499 g/mol. The van der Waals surface area contributed by atoms with E-state index in [9.17, 15) is 14.4 Å². The van der Waals surface area contributed by atoms with Gasteiger partial charge in [0.15, 0.2) is 19.6 Å². The summed E-state index contributed by atoms with van der Waals surface area (Å²) in [5.41, 5.74) is 0. The Balaban J connectivity index is 3.72. The highest BCUT2D eigenvalue weighted by molar-refractivity contribution is 5.73. The molecule has 0 atom stereocenters. The molecule has 35 heavy (non-hydrogen) atoms. The summed E-state index contributed by atoms with van der Waals surface area (Å²) in [7, 11) is 0. The first-order valence-electron chi connectivity index (χ1n) is 14.0. The Kier molecular flexibility index (Phi) is 21.3. The molecule has 7 nitrogen and oxygen atoms in total. The largest absolute Gasteiger partial charge is 0.477 e. The first kappa shape index (κ1) is 33.1. The fourth-order valence-corrected chi connectivity index (χ4v) is 4.67. The van der Waals surface area contributed by atoms with E-state index in [2.05, 4.69) is 19.1 Å². The standard InChI is InChI=1S/C28H51NO6/c1-2-3-4-5-6-7-8-9-10-11-12-13-14-15-16-17-18-19-20-21-22-29(23-26(30)31,24-27(32)33)25-28(34)35/h8-9H,2-7,10-25H2,1H3,(H2-,30,31,32,33,34,35)/p+1/b9-8+. The Morgan fingerprint density at radius 2 is 0.829 bits per heavy atom. The van der Waals surface area contributed by atoms with Crippen molar-refractivity contribution in [1.82, 2.24) is 0 Å². The molecule has 0 aromatic heterocycles. The number of hydrogen-bond acceptors (Lipinski definition) is 3. The third kappa shape index (κ3) is 22.3. The van der Waals surface area contributed by atoms with Gasteiger partial charge in [0.05, 0.1) is 6.54 Å². The Labute approximate surface area is 213 Å². The van der Waals surface area contributed by atoms with Gasteiger partial charge in [0.2, 0.25) is 0 Å². The van der Waals surface area contributed by atoms with Gasteiger partial charge in [-0.3, -0.25) is 4.48 Å². The molecule has 0 unspecified atom stereocenters. The normalized spacial score (nSPS) is 11.8. The molecule has 0 heterocycles. The minimum absolute atomic E-state index is 0.263. The summed E-state index contributed by atoms with van der Waals surface area (Å²) >= 11 is 0. The molecule has 7 heteroatoms. The van der Waals surface area contributed by atoms with Crippen LogP contribution in [0.2, 0.25) is 0 Å². The zero-order chi connectivity index (χ0) is 26.2. The lowest BCUT2D eigenvalue weighted by Crippen LogP contribution is -2.57. The number of nitrogens with zero attached hydrogens (tertiary/aromatic N) is 1. The monoisotopic (exact) mass is 498 g/mol. The highest BCUT2D eigenvalue weighted by atomic mass is 16.4. The minimum atomic E-state index is -1.17. The van der Waals surface area contributed by atoms with Crippen molar-refractivity contribution >= 4 is 17.9 Å². The molecule has 0 aliphatic heterocycles. The maximum atomic E-state index is 11.2. The van der Waals surface area contributed by atoms with Crippen LogP contribution in [-0.4, -0.2) is 63.9 Å². The van der Waals surface area contributed by atoms with Crippen molar-refractivity contribution in [1.29, 1.82) is 0 Å². The van der Waals surface area contributed by atoms with Crippen molar-refractivity contribution < 1.29 is 34.2 Å². The number of carboxylic acids is 3. The van der Waals surface area contributed by atoms with Gasteiger partial charge in [-0.1, -0.05) is 96.1 Å². The lowest BCUT2D eigenvalue weighted by molar-refractivity contribution is -0.907. The second-order valence-corrected chi connectivity index (χ2v) is 10.1. The molecule has 0 saturated heterocycles. The Hall–Kier alpha value is -1.89. The maximum Gasteiger partial charge on any atom is 0.359 e. The summed E-state index contributed by atoms with van der Waals surface area (Å²) in [5.74, 6) is -3.51. The van der Waals surface area contributed by atoms with Crippen molar-refractivity contribution in [2.75, 3.05) is 26.2 Å². The number of carboxylic acid groups (broad SMARTS) is 3. The Morgan fingerprint density at radius 3 is 1.17 bits per heavy atom. The van der Waals surface area contributed by atoms with Crippen LogP contribution in [0.5, 0.6) is 0 Å². The molecule has 0 amide bonds. The lowest BCUT2D eigenvalue weighted by atomic mass is 10.0. The van der Waals surface area contributed by atoms with Crippen molar-refractivity contribution in [3.63, 3.8) is 0 Å². The zero-order valence-electron chi connectivity index (χ0n) is 22.2. The van der Waals surface area contributed by atoms with Gasteiger partial charge in [-0.15, -0.1) is 0 Å². The molecule has 0 fully saturated rings. The predicted molar refractivity (Wildman–Crippen MR) is 141 cm³/mol. The molecule has 204 valence electrons. The van der Waals surface area contributed by atoms with Crippen LogP contribution in [0.15, 0.2) is 12.2 Å². The quantitative estimate of drug-likeness (QED) is 0.0699.